The molecule has 0 aromatic rings. The molecular weight excluding hydrogens is 192 g/mol. The first-order valence-corrected chi connectivity index (χ1v) is 7.63. The van der Waals surface area contributed by atoms with E-state index in [1.54, 1.807) is 0 Å². The van der Waals surface area contributed by atoms with Crippen molar-refractivity contribution in [2.45, 2.75) is 86.0 Å². The minimum absolute atomic E-state index is 0.855. The summed E-state index contributed by atoms with van der Waals surface area (Å²) in [5.41, 5.74) is 0. The van der Waals surface area contributed by atoms with Crippen molar-refractivity contribution in [1.82, 2.24) is 0 Å². The molecule has 0 bridgehead atoms. The van der Waals surface area contributed by atoms with Gasteiger partial charge in [-0.25, -0.2) is 0 Å². The molecular formula is C16H34. The summed E-state index contributed by atoms with van der Waals surface area (Å²) < 4.78 is 0. The van der Waals surface area contributed by atoms with E-state index >= 15 is 0 Å². The average Bonchev–Trinajstić information content (AvgIpc) is 2.26. The molecule has 0 aromatic heterocycles. The molecule has 1 unspecified atom stereocenters. The van der Waals surface area contributed by atoms with Gasteiger partial charge in [-0.1, -0.05) is 86.0 Å². The van der Waals surface area contributed by atoms with Gasteiger partial charge in [0.2, 0.25) is 0 Å². The second-order valence-electron chi connectivity index (χ2n) is 5.85. The maximum absolute atomic E-state index is 2.47. The quantitative estimate of drug-likeness (QED) is 0.397. The highest BCUT2D eigenvalue weighted by Gasteiger charge is 2.19. The van der Waals surface area contributed by atoms with E-state index in [0.29, 0.717) is 0 Å². The van der Waals surface area contributed by atoms with Gasteiger partial charge < -0.3 is 0 Å². The molecule has 0 nitrogen and oxygen atoms in total. The molecule has 0 heterocycles. The van der Waals surface area contributed by atoms with Crippen molar-refractivity contribution in [1.29, 1.82) is 0 Å². The predicted octanol–water partition coefficient (Wildman–Crippen LogP) is 6.06. The highest BCUT2D eigenvalue weighted by Crippen LogP contribution is 2.29. The van der Waals surface area contributed by atoms with Crippen LogP contribution in [0.3, 0.4) is 0 Å². The Bertz CT molecular complexity index is 127. The molecule has 0 amide bonds. The Morgan fingerprint density at radius 3 is 1.44 bits per heavy atom. The van der Waals surface area contributed by atoms with Crippen LogP contribution >= 0.6 is 0 Å². The van der Waals surface area contributed by atoms with Crippen molar-refractivity contribution in [2.24, 2.45) is 17.8 Å². The van der Waals surface area contributed by atoms with E-state index < -0.39 is 0 Å². The first-order chi connectivity index (χ1) is 7.63. The average molecular weight is 226 g/mol. The smallest absolute Gasteiger partial charge is 0.0386 e. The van der Waals surface area contributed by atoms with Gasteiger partial charge in [-0.05, 0) is 17.8 Å². The van der Waals surface area contributed by atoms with E-state index in [9.17, 15) is 0 Å². The van der Waals surface area contributed by atoms with Crippen molar-refractivity contribution < 1.29 is 0 Å². The third-order valence-electron chi connectivity index (χ3n) is 4.15. The maximum Gasteiger partial charge on any atom is -0.0386 e. The van der Waals surface area contributed by atoms with Gasteiger partial charge in [-0.15, -0.1) is 0 Å². The zero-order valence-corrected chi connectivity index (χ0v) is 12.4. The highest BCUT2D eigenvalue weighted by atomic mass is 14.2. The molecule has 0 radical (unpaired) electrons. The van der Waals surface area contributed by atoms with E-state index in [1.807, 2.05) is 0 Å². The number of hydrogen-bond donors (Lipinski definition) is 0. The van der Waals surface area contributed by atoms with Crippen LogP contribution in [0.4, 0.5) is 0 Å². The fourth-order valence-electron chi connectivity index (χ4n) is 2.53. The summed E-state index contributed by atoms with van der Waals surface area (Å²) >= 11 is 0. The van der Waals surface area contributed by atoms with Gasteiger partial charge in [0.1, 0.15) is 0 Å². The second kappa shape index (κ2) is 10.2. The fraction of sp³-hybridized carbons (Fsp3) is 1.00. The van der Waals surface area contributed by atoms with Gasteiger partial charge in [0.05, 0.1) is 0 Å². The second-order valence-corrected chi connectivity index (χ2v) is 5.85. The molecule has 0 spiro atoms. The van der Waals surface area contributed by atoms with Crippen LogP contribution in [0.25, 0.3) is 0 Å². The lowest BCUT2D eigenvalue weighted by atomic mass is 9.79. The highest BCUT2D eigenvalue weighted by molar-refractivity contribution is 4.69. The first kappa shape index (κ1) is 16.0. The lowest BCUT2D eigenvalue weighted by Crippen LogP contribution is -2.17. The number of rotatable bonds is 10. The van der Waals surface area contributed by atoms with E-state index in [4.69, 9.17) is 0 Å². The molecule has 0 N–H and O–H groups in total. The van der Waals surface area contributed by atoms with Gasteiger partial charge in [-0.2, -0.15) is 0 Å². The zero-order valence-electron chi connectivity index (χ0n) is 12.4. The largest absolute Gasteiger partial charge is 0.0654 e. The molecule has 0 aromatic carbocycles. The molecule has 16 heavy (non-hydrogen) atoms. The Morgan fingerprint density at radius 1 is 0.688 bits per heavy atom. The summed E-state index contributed by atoms with van der Waals surface area (Å²) in [6, 6.07) is 0. The van der Waals surface area contributed by atoms with Crippen LogP contribution in [0.2, 0.25) is 0 Å². The van der Waals surface area contributed by atoms with Gasteiger partial charge in [0.25, 0.3) is 0 Å². The molecule has 0 saturated heterocycles. The van der Waals surface area contributed by atoms with Gasteiger partial charge in [0.15, 0.2) is 0 Å². The van der Waals surface area contributed by atoms with Crippen molar-refractivity contribution in [3.63, 3.8) is 0 Å². The first-order valence-electron chi connectivity index (χ1n) is 7.63. The lowest BCUT2D eigenvalue weighted by Gasteiger charge is -2.27. The van der Waals surface area contributed by atoms with Crippen LogP contribution in [0.5, 0.6) is 0 Å². The SMILES string of the molecule is CCCCCC(CCCCC)C(C)C(C)C. The molecule has 1 atom stereocenters. The van der Waals surface area contributed by atoms with E-state index in [-0.39, 0.29) is 0 Å². The minimum atomic E-state index is 0.855. The van der Waals surface area contributed by atoms with Gasteiger partial charge >= 0.3 is 0 Å². The Labute approximate surface area is 104 Å². The van der Waals surface area contributed by atoms with Crippen LogP contribution < -0.4 is 0 Å². The standard InChI is InChI=1S/C16H34/c1-6-8-10-12-16(13-11-9-7-2)15(5)14(3)4/h14-16H,6-13H2,1-5H3. The Hall–Kier alpha value is 0. The molecule has 0 fully saturated rings. The van der Waals surface area contributed by atoms with Gasteiger partial charge in [0, 0.05) is 0 Å². The third-order valence-corrected chi connectivity index (χ3v) is 4.15. The van der Waals surface area contributed by atoms with Crippen LogP contribution in [-0.2, 0) is 0 Å². The van der Waals surface area contributed by atoms with Crippen LogP contribution in [0, 0.1) is 17.8 Å². The van der Waals surface area contributed by atoms with E-state index in [0.717, 1.165) is 17.8 Å². The predicted molar refractivity (Wildman–Crippen MR) is 75.8 cm³/mol. The normalized spacial score (nSPS) is 13.7. The van der Waals surface area contributed by atoms with Crippen molar-refractivity contribution in [2.75, 3.05) is 0 Å². The van der Waals surface area contributed by atoms with E-state index in [2.05, 4.69) is 34.6 Å². The summed E-state index contributed by atoms with van der Waals surface area (Å²) in [7, 11) is 0. The topological polar surface area (TPSA) is 0 Å². The molecule has 0 aliphatic heterocycles. The third kappa shape index (κ3) is 7.30. The minimum Gasteiger partial charge on any atom is -0.0654 e. The maximum atomic E-state index is 2.47. The monoisotopic (exact) mass is 226 g/mol. The van der Waals surface area contributed by atoms with Crippen molar-refractivity contribution in [3.8, 4) is 0 Å². The number of hydrogen-bond acceptors (Lipinski definition) is 0. The molecule has 0 aliphatic carbocycles. The molecule has 0 rings (SSSR count). The molecule has 0 aliphatic rings. The Kier molecular flexibility index (Phi) is 10.2. The fourth-order valence-corrected chi connectivity index (χ4v) is 2.53. The van der Waals surface area contributed by atoms with Crippen molar-refractivity contribution >= 4 is 0 Å². The summed E-state index contributed by atoms with van der Waals surface area (Å²) in [6.45, 7) is 11.8. The summed E-state index contributed by atoms with van der Waals surface area (Å²) in [4.78, 5) is 0. The lowest BCUT2D eigenvalue weighted by molar-refractivity contribution is 0.237. The van der Waals surface area contributed by atoms with Crippen LogP contribution in [0.1, 0.15) is 86.0 Å². The Morgan fingerprint density at radius 2 is 1.12 bits per heavy atom. The number of unbranched alkanes of at least 4 members (excludes halogenated alkanes) is 4. The van der Waals surface area contributed by atoms with Crippen LogP contribution in [-0.4, -0.2) is 0 Å². The molecule has 0 saturated carbocycles. The Balaban J connectivity index is 3.94. The molecule has 98 valence electrons. The van der Waals surface area contributed by atoms with Crippen molar-refractivity contribution in [3.05, 3.63) is 0 Å². The zero-order chi connectivity index (χ0) is 12.4. The van der Waals surface area contributed by atoms with E-state index in [1.165, 1.54) is 51.4 Å². The summed E-state index contributed by atoms with van der Waals surface area (Å²) in [5.74, 6) is 2.75. The summed E-state index contributed by atoms with van der Waals surface area (Å²) in [5, 5.41) is 0. The molecule has 0 heteroatoms. The van der Waals surface area contributed by atoms with Crippen LogP contribution in [0.15, 0.2) is 0 Å². The van der Waals surface area contributed by atoms with Gasteiger partial charge in [-0.3, -0.25) is 0 Å². The summed E-state index contributed by atoms with van der Waals surface area (Å²) in [6.07, 6.45) is 11.4.